The Balaban J connectivity index is 1.38. The summed E-state index contributed by atoms with van der Waals surface area (Å²) in [5.41, 5.74) is 4.87. The highest BCUT2D eigenvalue weighted by atomic mass is 16.5. The van der Waals surface area contributed by atoms with Gasteiger partial charge in [0.1, 0.15) is 6.61 Å². The number of rotatable bonds is 6. The van der Waals surface area contributed by atoms with Gasteiger partial charge in [0.25, 0.3) is 0 Å². The lowest BCUT2D eigenvalue weighted by Crippen LogP contribution is -2.37. The summed E-state index contributed by atoms with van der Waals surface area (Å²) >= 11 is 0. The minimum Gasteiger partial charge on any atom is -0.449 e. The Hall–Kier alpha value is -2.33. The van der Waals surface area contributed by atoms with Crippen LogP contribution in [0.5, 0.6) is 0 Å². The van der Waals surface area contributed by atoms with E-state index in [1.165, 1.54) is 28.7 Å². The summed E-state index contributed by atoms with van der Waals surface area (Å²) in [7, 11) is 0. The van der Waals surface area contributed by atoms with Crippen LogP contribution in [0.1, 0.15) is 36.3 Å². The number of alkyl carbamates (subject to hydrolysis) is 1. The molecule has 1 amide bonds. The molecule has 0 spiro atoms. The van der Waals surface area contributed by atoms with Gasteiger partial charge in [0, 0.05) is 25.0 Å². The number of amides is 1. The average molecular weight is 351 g/mol. The van der Waals surface area contributed by atoms with Crippen LogP contribution < -0.4 is 5.32 Å². The first-order chi connectivity index (χ1) is 12.8. The number of ether oxygens (including phenoxy) is 1. The van der Waals surface area contributed by atoms with Crippen LogP contribution >= 0.6 is 0 Å². The Labute approximate surface area is 154 Å². The van der Waals surface area contributed by atoms with Crippen LogP contribution in [0.4, 0.5) is 4.79 Å². The van der Waals surface area contributed by atoms with Crippen molar-refractivity contribution in [2.24, 2.45) is 11.8 Å². The van der Waals surface area contributed by atoms with Gasteiger partial charge >= 0.3 is 6.09 Å². The third kappa shape index (κ3) is 3.21. The first-order valence-electron chi connectivity index (χ1n) is 9.47. The fraction of sp³-hybridized carbons (Fsp3) is 0.409. The zero-order valence-corrected chi connectivity index (χ0v) is 14.9. The van der Waals surface area contributed by atoms with E-state index < -0.39 is 6.09 Å². The van der Waals surface area contributed by atoms with Crippen LogP contribution in [0.2, 0.25) is 0 Å². The van der Waals surface area contributed by atoms with Crippen molar-refractivity contribution in [2.45, 2.75) is 25.2 Å². The highest BCUT2D eigenvalue weighted by Crippen LogP contribution is 2.44. The molecular formula is C22H25NO3. The van der Waals surface area contributed by atoms with Crippen LogP contribution in [0.15, 0.2) is 48.5 Å². The minimum absolute atomic E-state index is 0.0772. The van der Waals surface area contributed by atoms with Crippen LogP contribution in [-0.2, 0) is 4.74 Å². The third-order valence-electron chi connectivity index (χ3n) is 5.90. The van der Waals surface area contributed by atoms with E-state index >= 15 is 0 Å². The summed E-state index contributed by atoms with van der Waals surface area (Å²) in [6, 6.07) is 16.6. The molecule has 2 aromatic rings. The fourth-order valence-corrected chi connectivity index (χ4v) is 4.16. The quantitative estimate of drug-likeness (QED) is 0.829. The largest absolute Gasteiger partial charge is 0.449 e. The van der Waals surface area contributed by atoms with Crippen molar-refractivity contribution in [3.8, 4) is 11.1 Å². The van der Waals surface area contributed by atoms with Crippen molar-refractivity contribution in [1.82, 2.24) is 5.32 Å². The molecule has 2 aromatic carbocycles. The number of aliphatic hydroxyl groups excluding tert-OH is 1. The number of benzene rings is 2. The molecule has 2 aliphatic rings. The molecular weight excluding hydrogens is 326 g/mol. The summed E-state index contributed by atoms with van der Waals surface area (Å²) in [5, 5.41) is 12.3. The predicted molar refractivity (Wildman–Crippen MR) is 101 cm³/mol. The highest BCUT2D eigenvalue weighted by Gasteiger charge is 2.30. The van der Waals surface area contributed by atoms with Gasteiger partial charge in [-0.2, -0.15) is 0 Å². The molecule has 4 heteroatoms. The van der Waals surface area contributed by atoms with Crippen molar-refractivity contribution in [2.75, 3.05) is 19.8 Å². The van der Waals surface area contributed by atoms with Gasteiger partial charge in [-0.25, -0.2) is 4.79 Å². The van der Waals surface area contributed by atoms with E-state index in [0.717, 1.165) is 12.8 Å². The van der Waals surface area contributed by atoms with Gasteiger partial charge in [-0.15, -0.1) is 0 Å². The fourth-order valence-electron chi connectivity index (χ4n) is 4.16. The Kier molecular flexibility index (Phi) is 4.93. The predicted octanol–water partition coefficient (Wildman–Crippen LogP) is 3.93. The highest BCUT2D eigenvalue weighted by molar-refractivity contribution is 5.79. The summed E-state index contributed by atoms with van der Waals surface area (Å²) in [6.07, 6.45) is 3.13. The number of hydrogen-bond acceptors (Lipinski definition) is 3. The van der Waals surface area contributed by atoms with E-state index in [1.807, 2.05) is 24.3 Å². The number of hydrogen-bond donors (Lipinski definition) is 2. The number of carbonyl (C=O) groups excluding carboxylic acids is 1. The van der Waals surface area contributed by atoms with Crippen molar-refractivity contribution in [3.63, 3.8) is 0 Å². The molecule has 0 aliphatic heterocycles. The van der Waals surface area contributed by atoms with Crippen molar-refractivity contribution >= 4 is 6.09 Å². The molecule has 4 nitrogen and oxygen atoms in total. The smallest absolute Gasteiger partial charge is 0.407 e. The number of nitrogens with one attached hydrogen (secondary N) is 1. The van der Waals surface area contributed by atoms with Gasteiger partial charge in [0.05, 0.1) is 0 Å². The van der Waals surface area contributed by atoms with E-state index in [1.54, 1.807) is 0 Å². The van der Waals surface area contributed by atoms with Crippen molar-refractivity contribution in [1.29, 1.82) is 0 Å². The van der Waals surface area contributed by atoms with Crippen LogP contribution in [0.25, 0.3) is 11.1 Å². The molecule has 0 radical (unpaired) electrons. The van der Waals surface area contributed by atoms with Gasteiger partial charge in [-0.1, -0.05) is 67.8 Å². The molecule has 0 saturated heterocycles. The minimum atomic E-state index is -0.398. The molecule has 0 bridgehead atoms. The van der Waals surface area contributed by atoms with Gasteiger partial charge in [-0.05, 0) is 28.2 Å². The topological polar surface area (TPSA) is 58.6 Å². The van der Waals surface area contributed by atoms with Gasteiger partial charge in [-0.3, -0.25) is 0 Å². The van der Waals surface area contributed by atoms with Gasteiger partial charge in [0.15, 0.2) is 0 Å². The molecule has 0 heterocycles. The summed E-state index contributed by atoms with van der Waals surface area (Å²) in [6.45, 7) is 0.930. The number of fused-ring (bicyclic) bond motifs is 3. The molecule has 2 aliphatic carbocycles. The maximum atomic E-state index is 12.2. The van der Waals surface area contributed by atoms with E-state index in [-0.39, 0.29) is 18.4 Å². The lowest BCUT2D eigenvalue weighted by atomic mass is 9.76. The number of aliphatic hydroxyl groups is 1. The maximum absolute atomic E-state index is 12.2. The average Bonchev–Trinajstić information content (AvgIpc) is 2.96. The lowest BCUT2D eigenvalue weighted by Gasteiger charge is -2.32. The zero-order valence-electron chi connectivity index (χ0n) is 14.9. The standard InChI is InChI=1S/C22H25NO3/c24-13-16(15-6-5-7-15)12-23-22(25)26-14-21-19-10-3-1-8-17(19)18-9-2-4-11-20(18)21/h1-4,8-11,15-16,21,24H,5-7,12-14H2,(H,23,25). The van der Waals surface area contributed by atoms with Crippen molar-refractivity contribution < 1.29 is 14.6 Å². The molecule has 0 aromatic heterocycles. The third-order valence-corrected chi connectivity index (χ3v) is 5.90. The Morgan fingerprint density at radius 2 is 1.69 bits per heavy atom. The first kappa shape index (κ1) is 17.1. The van der Waals surface area contributed by atoms with Crippen LogP contribution in [0, 0.1) is 11.8 Å². The Morgan fingerprint density at radius 3 is 2.23 bits per heavy atom. The normalized spacial score (nSPS) is 17.1. The monoisotopic (exact) mass is 351 g/mol. The molecule has 1 fully saturated rings. The maximum Gasteiger partial charge on any atom is 0.407 e. The molecule has 1 atom stereocenters. The summed E-state index contributed by atoms with van der Waals surface area (Å²) in [4.78, 5) is 12.2. The van der Waals surface area contributed by atoms with Crippen LogP contribution in [-0.4, -0.2) is 31.0 Å². The second-order valence-electron chi connectivity index (χ2n) is 7.34. The van der Waals surface area contributed by atoms with E-state index in [0.29, 0.717) is 19.1 Å². The lowest BCUT2D eigenvalue weighted by molar-refractivity contribution is 0.110. The zero-order chi connectivity index (χ0) is 17.9. The number of carbonyl (C=O) groups is 1. The molecule has 2 N–H and O–H groups in total. The first-order valence-corrected chi connectivity index (χ1v) is 9.47. The van der Waals surface area contributed by atoms with E-state index in [2.05, 4.69) is 29.6 Å². The van der Waals surface area contributed by atoms with Gasteiger partial charge < -0.3 is 15.2 Å². The van der Waals surface area contributed by atoms with Gasteiger partial charge in [0.2, 0.25) is 0 Å². The SMILES string of the molecule is O=C(NCC(CO)C1CCC1)OCC1c2ccccc2-c2ccccc21. The molecule has 1 saturated carbocycles. The van der Waals surface area contributed by atoms with E-state index in [9.17, 15) is 9.90 Å². The Bertz CT molecular complexity index is 739. The molecule has 136 valence electrons. The second kappa shape index (κ2) is 7.50. The summed E-state index contributed by atoms with van der Waals surface area (Å²) in [5.74, 6) is 0.756. The molecule has 4 rings (SSSR count). The van der Waals surface area contributed by atoms with Crippen LogP contribution in [0.3, 0.4) is 0 Å². The molecule has 1 unspecified atom stereocenters. The molecule has 26 heavy (non-hydrogen) atoms. The Morgan fingerprint density at radius 1 is 1.08 bits per heavy atom. The summed E-state index contributed by atoms with van der Waals surface area (Å²) < 4.78 is 5.53. The second-order valence-corrected chi connectivity index (χ2v) is 7.34. The van der Waals surface area contributed by atoms with Crippen molar-refractivity contribution in [3.05, 3.63) is 59.7 Å². The van der Waals surface area contributed by atoms with E-state index in [4.69, 9.17) is 4.74 Å².